The lowest BCUT2D eigenvalue weighted by Gasteiger charge is -2.17. The van der Waals surface area contributed by atoms with E-state index < -0.39 is 6.03 Å². The molecule has 0 saturated heterocycles. The van der Waals surface area contributed by atoms with Crippen molar-refractivity contribution in [1.29, 1.82) is 0 Å². The highest BCUT2D eigenvalue weighted by atomic mass is 19.1. The number of benzene rings is 3. The van der Waals surface area contributed by atoms with Crippen molar-refractivity contribution >= 4 is 28.4 Å². The monoisotopic (exact) mass is 400 g/mol. The van der Waals surface area contributed by atoms with Crippen LogP contribution in [0.1, 0.15) is 25.3 Å². The summed E-state index contributed by atoms with van der Waals surface area (Å²) in [5.74, 6) is 0.159. The Bertz CT molecular complexity index is 1210. The Kier molecular flexibility index (Phi) is 5.39. The van der Waals surface area contributed by atoms with Crippen molar-refractivity contribution in [1.82, 2.24) is 9.97 Å². The first kappa shape index (κ1) is 19.5. The van der Waals surface area contributed by atoms with Gasteiger partial charge in [0.2, 0.25) is 5.95 Å². The second kappa shape index (κ2) is 8.29. The van der Waals surface area contributed by atoms with Crippen LogP contribution in [-0.2, 0) is 0 Å². The van der Waals surface area contributed by atoms with Crippen molar-refractivity contribution in [3.05, 3.63) is 84.4 Å². The quantitative estimate of drug-likeness (QED) is 0.428. The van der Waals surface area contributed by atoms with Gasteiger partial charge in [0.1, 0.15) is 5.82 Å². The van der Waals surface area contributed by atoms with Gasteiger partial charge in [-0.05, 0) is 52.3 Å². The first-order chi connectivity index (χ1) is 14.5. The standard InChI is InChI=1S/C24H21FN4O/c1-15(2)20-14-16(17-9-10-21(25)19-7-4-3-6-18(17)19)8-11-22(20)28-24(30)29-23-26-12-5-13-27-23/h3-15H,1-2H3,(H2,26,27,28,29,30). The maximum Gasteiger partial charge on any atom is 0.326 e. The number of halogens is 1. The molecule has 3 aromatic carbocycles. The molecule has 0 unspecified atom stereocenters. The molecule has 0 fully saturated rings. The lowest BCUT2D eigenvalue weighted by molar-refractivity contribution is 0.262. The van der Waals surface area contributed by atoms with E-state index in [-0.39, 0.29) is 17.7 Å². The van der Waals surface area contributed by atoms with E-state index in [9.17, 15) is 9.18 Å². The summed E-state index contributed by atoms with van der Waals surface area (Å²) < 4.78 is 14.2. The number of carbonyl (C=O) groups excluding carboxylic acids is 1. The highest BCUT2D eigenvalue weighted by Gasteiger charge is 2.14. The normalized spacial score (nSPS) is 10.9. The number of amides is 2. The Morgan fingerprint density at radius 3 is 2.37 bits per heavy atom. The summed E-state index contributed by atoms with van der Waals surface area (Å²) in [6, 6.07) is 17.8. The molecule has 2 N–H and O–H groups in total. The van der Waals surface area contributed by atoms with Crippen LogP contribution in [0, 0.1) is 5.82 Å². The molecule has 6 heteroatoms. The van der Waals surface area contributed by atoms with Crippen LogP contribution in [0.15, 0.2) is 73.1 Å². The number of nitrogens with one attached hydrogen (secondary N) is 2. The van der Waals surface area contributed by atoms with Gasteiger partial charge in [-0.25, -0.2) is 19.2 Å². The van der Waals surface area contributed by atoms with Gasteiger partial charge in [-0.3, -0.25) is 5.32 Å². The molecule has 1 aromatic heterocycles. The molecule has 5 nitrogen and oxygen atoms in total. The number of aromatic nitrogens is 2. The lowest BCUT2D eigenvalue weighted by Crippen LogP contribution is -2.21. The zero-order chi connectivity index (χ0) is 21.1. The molecule has 150 valence electrons. The van der Waals surface area contributed by atoms with Crippen molar-refractivity contribution in [3.63, 3.8) is 0 Å². The van der Waals surface area contributed by atoms with Crippen molar-refractivity contribution in [2.75, 3.05) is 10.6 Å². The van der Waals surface area contributed by atoms with Gasteiger partial charge in [0.05, 0.1) is 0 Å². The van der Waals surface area contributed by atoms with Gasteiger partial charge in [-0.15, -0.1) is 0 Å². The van der Waals surface area contributed by atoms with E-state index >= 15 is 0 Å². The Hall–Kier alpha value is -3.80. The second-order valence-corrected chi connectivity index (χ2v) is 7.25. The summed E-state index contributed by atoms with van der Waals surface area (Å²) in [7, 11) is 0. The van der Waals surface area contributed by atoms with Crippen molar-refractivity contribution in [3.8, 4) is 11.1 Å². The first-order valence-electron chi connectivity index (χ1n) is 9.69. The molecule has 0 aliphatic carbocycles. The van der Waals surface area contributed by atoms with Crippen LogP contribution in [0.4, 0.5) is 20.8 Å². The van der Waals surface area contributed by atoms with Gasteiger partial charge < -0.3 is 5.32 Å². The van der Waals surface area contributed by atoms with E-state index in [1.165, 1.54) is 6.07 Å². The highest BCUT2D eigenvalue weighted by molar-refractivity contribution is 6.00. The molecule has 30 heavy (non-hydrogen) atoms. The van der Waals surface area contributed by atoms with Gasteiger partial charge in [0, 0.05) is 23.5 Å². The van der Waals surface area contributed by atoms with Crippen molar-refractivity contribution < 1.29 is 9.18 Å². The molecule has 4 aromatic rings. The number of carbonyl (C=O) groups is 1. The van der Waals surface area contributed by atoms with Gasteiger partial charge in [0.15, 0.2) is 0 Å². The number of hydrogen-bond acceptors (Lipinski definition) is 3. The van der Waals surface area contributed by atoms with Crippen LogP contribution in [0.2, 0.25) is 0 Å². The maximum atomic E-state index is 14.2. The molecule has 0 bridgehead atoms. The number of anilines is 2. The molecular formula is C24H21FN4O. The minimum absolute atomic E-state index is 0.167. The van der Waals surface area contributed by atoms with Gasteiger partial charge >= 0.3 is 6.03 Å². The van der Waals surface area contributed by atoms with Crippen LogP contribution in [0.25, 0.3) is 21.9 Å². The molecule has 2 amide bonds. The zero-order valence-corrected chi connectivity index (χ0v) is 16.7. The summed E-state index contributed by atoms with van der Waals surface area (Å²) in [6.07, 6.45) is 3.12. The van der Waals surface area contributed by atoms with Crippen LogP contribution >= 0.6 is 0 Å². The lowest BCUT2D eigenvalue weighted by atomic mass is 9.93. The van der Waals surface area contributed by atoms with Crippen LogP contribution in [-0.4, -0.2) is 16.0 Å². The molecule has 0 atom stereocenters. The maximum absolute atomic E-state index is 14.2. The summed E-state index contributed by atoms with van der Waals surface area (Å²) in [5, 5.41) is 6.94. The van der Waals surface area contributed by atoms with E-state index in [0.717, 1.165) is 22.1 Å². The first-order valence-corrected chi connectivity index (χ1v) is 9.69. The van der Waals surface area contributed by atoms with E-state index in [0.29, 0.717) is 11.1 Å². The second-order valence-electron chi connectivity index (χ2n) is 7.25. The van der Waals surface area contributed by atoms with Crippen LogP contribution < -0.4 is 10.6 Å². The van der Waals surface area contributed by atoms with Gasteiger partial charge in [-0.1, -0.05) is 50.2 Å². The Morgan fingerprint density at radius 2 is 1.63 bits per heavy atom. The number of fused-ring (bicyclic) bond motifs is 1. The van der Waals surface area contributed by atoms with Crippen molar-refractivity contribution in [2.24, 2.45) is 0 Å². The van der Waals surface area contributed by atoms with Crippen molar-refractivity contribution in [2.45, 2.75) is 19.8 Å². The minimum atomic E-state index is -0.414. The number of rotatable bonds is 4. The highest BCUT2D eigenvalue weighted by Crippen LogP contribution is 2.34. The third kappa shape index (κ3) is 3.98. The number of urea groups is 1. The van der Waals surface area contributed by atoms with Gasteiger partial charge in [0.25, 0.3) is 0 Å². The van der Waals surface area contributed by atoms with E-state index in [2.05, 4.69) is 34.4 Å². The largest absolute Gasteiger partial charge is 0.326 e. The fourth-order valence-corrected chi connectivity index (χ4v) is 3.45. The minimum Gasteiger partial charge on any atom is -0.307 e. The third-order valence-corrected chi connectivity index (χ3v) is 4.89. The summed E-state index contributed by atoms with van der Waals surface area (Å²) in [5.41, 5.74) is 3.59. The SMILES string of the molecule is CC(C)c1cc(-c2ccc(F)c3ccccc23)ccc1NC(=O)Nc1ncccn1. The third-order valence-electron chi connectivity index (χ3n) is 4.89. The summed E-state index contributed by atoms with van der Waals surface area (Å²) in [6.45, 7) is 4.12. The molecule has 0 spiro atoms. The average molecular weight is 400 g/mol. The van der Waals surface area contributed by atoms with Crippen LogP contribution in [0.3, 0.4) is 0 Å². The topological polar surface area (TPSA) is 66.9 Å². The Morgan fingerprint density at radius 1 is 0.900 bits per heavy atom. The molecule has 0 aliphatic rings. The molecule has 1 heterocycles. The predicted octanol–water partition coefficient (Wildman–Crippen LogP) is 6.20. The smallest absolute Gasteiger partial charge is 0.307 e. The number of nitrogens with zero attached hydrogens (tertiary/aromatic N) is 2. The molecule has 4 rings (SSSR count). The number of hydrogen-bond donors (Lipinski definition) is 2. The van der Waals surface area contributed by atoms with Gasteiger partial charge in [-0.2, -0.15) is 0 Å². The average Bonchev–Trinajstić information content (AvgIpc) is 2.75. The molecule has 0 saturated carbocycles. The van der Waals surface area contributed by atoms with Crippen LogP contribution in [0.5, 0.6) is 0 Å². The Balaban J connectivity index is 1.68. The van der Waals surface area contributed by atoms with E-state index in [4.69, 9.17) is 0 Å². The molecular weight excluding hydrogens is 379 g/mol. The molecule has 0 radical (unpaired) electrons. The fraction of sp³-hybridized carbons (Fsp3) is 0.125. The van der Waals surface area contributed by atoms with E-state index in [1.54, 1.807) is 30.6 Å². The molecule has 0 aliphatic heterocycles. The van der Waals surface area contributed by atoms with E-state index in [1.807, 2.05) is 36.4 Å². The fourth-order valence-electron chi connectivity index (χ4n) is 3.45. The predicted molar refractivity (Wildman–Crippen MR) is 118 cm³/mol. The summed E-state index contributed by atoms with van der Waals surface area (Å²) >= 11 is 0. The Labute approximate surface area is 174 Å². The summed E-state index contributed by atoms with van der Waals surface area (Å²) in [4.78, 5) is 20.4. The zero-order valence-electron chi connectivity index (χ0n) is 16.7.